The van der Waals surface area contributed by atoms with Crippen molar-refractivity contribution in [2.24, 2.45) is 0 Å². The number of ether oxygens (including phenoxy) is 2. The summed E-state index contributed by atoms with van der Waals surface area (Å²) in [7, 11) is 1.39. The molecule has 1 aromatic rings. The minimum absolute atomic E-state index is 0.0653. The predicted molar refractivity (Wildman–Crippen MR) is 73.9 cm³/mol. The van der Waals surface area contributed by atoms with Crippen molar-refractivity contribution in [3.8, 4) is 11.8 Å². The summed E-state index contributed by atoms with van der Waals surface area (Å²) >= 11 is 5.78. The molecule has 112 valence electrons. The first-order valence-corrected chi connectivity index (χ1v) is 6.52. The van der Waals surface area contributed by atoms with Crippen LogP contribution in [0.3, 0.4) is 0 Å². The van der Waals surface area contributed by atoms with Crippen molar-refractivity contribution in [2.45, 2.75) is 6.04 Å². The highest BCUT2D eigenvalue weighted by Crippen LogP contribution is 2.30. The molecule has 1 fully saturated rings. The van der Waals surface area contributed by atoms with Crippen molar-refractivity contribution >= 4 is 23.3 Å². The molecule has 21 heavy (non-hydrogen) atoms. The first-order chi connectivity index (χ1) is 10.1. The molecule has 0 spiro atoms. The molecule has 1 atom stereocenters. The number of nitrogens with one attached hydrogen (secondary N) is 1. The molecule has 1 unspecified atom stereocenters. The molecule has 0 aromatic heterocycles. The summed E-state index contributed by atoms with van der Waals surface area (Å²) in [6.45, 7) is 0.727. The standard InChI is InChI=1S/C13H13ClFN3O3/c1-20-12-5-11(10(15)4-9(12)14)17-13(19)18-2-3-21-7-8(18)6-16/h4-5,8H,2-3,7H2,1H3,(H,17,19). The largest absolute Gasteiger partial charge is 0.495 e. The van der Waals surface area contributed by atoms with Crippen LogP contribution >= 0.6 is 11.6 Å². The Hall–Kier alpha value is -2.04. The van der Waals surface area contributed by atoms with Crippen LogP contribution in [0.2, 0.25) is 5.02 Å². The quantitative estimate of drug-likeness (QED) is 0.908. The molecule has 0 radical (unpaired) electrons. The Kier molecular flexibility index (Phi) is 4.83. The molecule has 0 bridgehead atoms. The zero-order chi connectivity index (χ0) is 15.4. The molecule has 2 rings (SSSR count). The lowest BCUT2D eigenvalue weighted by atomic mass is 10.2. The summed E-state index contributed by atoms with van der Waals surface area (Å²) in [5.74, 6) is -0.442. The number of halogens is 2. The number of amides is 2. The van der Waals surface area contributed by atoms with Crippen molar-refractivity contribution < 1.29 is 18.7 Å². The highest BCUT2D eigenvalue weighted by atomic mass is 35.5. The van der Waals surface area contributed by atoms with Crippen molar-refractivity contribution in [3.05, 3.63) is 23.0 Å². The van der Waals surface area contributed by atoms with E-state index in [9.17, 15) is 9.18 Å². The molecule has 0 saturated carbocycles. The van der Waals surface area contributed by atoms with Gasteiger partial charge >= 0.3 is 6.03 Å². The number of nitrogens with zero attached hydrogens (tertiary/aromatic N) is 2. The van der Waals surface area contributed by atoms with E-state index in [0.29, 0.717) is 6.61 Å². The second kappa shape index (κ2) is 6.61. The van der Waals surface area contributed by atoms with E-state index >= 15 is 0 Å². The van der Waals surface area contributed by atoms with Gasteiger partial charge in [0.05, 0.1) is 37.1 Å². The van der Waals surface area contributed by atoms with Gasteiger partial charge in [0.2, 0.25) is 0 Å². The zero-order valence-electron chi connectivity index (χ0n) is 11.2. The third-order valence-electron chi connectivity index (χ3n) is 3.02. The number of nitriles is 1. The van der Waals surface area contributed by atoms with E-state index in [1.807, 2.05) is 6.07 Å². The fraction of sp³-hybridized carbons (Fsp3) is 0.385. The third kappa shape index (κ3) is 3.35. The van der Waals surface area contributed by atoms with Crippen LogP contribution in [-0.2, 0) is 4.74 Å². The number of morpholine rings is 1. The minimum Gasteiger partial charge on any atom is -0.495 e. The van der Waals surface area contributed by atoms with E-state index in [-0.39, 0.29) is 29.6 Å². The molecule has 0 aliphatic carbocycles. The molecule has 8 heteroatoms. The van der Waals surface area contributed by atoms with Crippen LogP contribution in [0.25, 0.3) is 0 Å². The average molecular weight is 314 g/mol. The Bertz CT molecular complexity index is 591. The Morgan fingerprint density at radius 1 is 1.67 bits per heavy atom. The molecule has 1 N–H and O–H groups in total. The van der Waals surface area contributed by atoms with Gasteiger partial charge < -0.3 is 19.7 Å². The normalized spacial score (nSPS) is 18.0. The molecule has 1 aromatic carbocycles. The summed E-state index contributed by atoms with van der Waals surface area (Å²) in [4.78, 5) is 13.4. The van der Waals surface area contributed by atoms with Gasteiger partial charge in [-0.3, -0.25) is 0 Å². The number of methoxy groups -OCH3 is 1. The fourth-order valence-electron chi connectivity index (χ4n) is 1.92. The van der Waals surface area contributed by atoms with Crippen LogP contribution in [0.1, 0.15) is 0 Å². The number of urea groups is 1. The molecule has 1 heterocycles. The van der Waals surface area contributed by atoms with Gasteiger partial charge in [-0.25, -0.2) is 9.18 Å². The van der Waals surface area contributed by atoms with E-state index in [1.165, 1.54) is 18.1 Å². The number of carbonyl (C=O) groups is 1. The summed E-state index contributed by atoms with van der Waals surface area (Å²) < 4.78 is 23.9. The van der Waals surface area contributed by atoms with Crippen molar-refractivity contribution in [1.82, 2.24) is 4.90 Å². The maximum atomic E-state index is 13.8. The van der Waals surface area contributed by atoms with Gasteiger partial charge in [-0.05, 0) is 6.07 Å². The Balaban J connectivity index is 2.17. The Morgan fingerprint density at radius 3 is 3.10 bits per heavy atom. The lowest BCUT2D eigenvalue weighted by Crippen LogP contribution is -2.49. The highest BCUT2D eigenvalue weighted by Gasteiger charge is 2.27. The van der Waals surface area contributed by atoms with Crippen LogP contribution in [0.5, 0.6) is 5.75 Å². The average Bonchev–Trinajstić information content (AvgIpc) is 2.49. The number of hydrogen-bond acceptors (Lipinski definition) is 4. The van der Waals surface area contributed by atoms with Crippen LogP contribution in [0.15, 0.2) is 12.1 Å². The number of benzene rings is 1. The van der Waals surface area contributed by atoms with Gasteiger partial charge in [-0.1, -0.05) is 11.6 Å². The Labute approximate surface area is 126 Å². The number of hydrogen-bond donors (Lipinski definition) is 1. The topological polar surface area (TPSA) is 74.6 Å². The highest BCUT2D eigenvalue weighted by molar-refractivity contribution is 6.32. The van der Waals surface area contributed by atoms with Crippen LogP contribution in [-0.4, -0.2) is 43.8 Å². The van der Waals surface area contributed by atoms with Crippen LogP contribution < -0.4 is 10.1 Å². The summed E-state index contributed by atoms with van der Waals surface area (Å²) in [5, 5.41) is 11.5. The Morgan fingerprint density at radius 2 is 2.43 bits per heavy atom. The van der Waals surface area contributed by atoms with Crippen LogP contribution in [0, 0.1) is 17.1 Å². The maximum Gasteiger partial charge on any atom is 0.323 e. The van der Waals surface area contributed by atoms with Gasteiger partial charge in [-0.2, -0.15) is 5.26 Å². The molecular weight excluding hydrogens is 301 g/mol. The van der Waals surface area contributed by atoms with Crippen LogP contribution in [0.4, 0.5) is 14.9 Å². The van der Waals surface area contributed by atoms with Gasteiger partial charge in [0.15, 0.2) is 0 Å². The van der Waals surface area contributed by atoms with Crippen molar-refractivity contribution in [3.63, 3.8) is 0 Å². The number of rotatable bonds is 2. The SMILES string of the molecule is COc1cc(NC(=O)N2CCOCC2C#N)c(F)cc1Cl. The smallest absolute Gasteiger partial charge is 0.323 e. The van der Waals surface area contributed by atoms with Gasteiger partial charge in [0, 0.05) is 12.6 Å². The maximum absolute atomic E-state index is 13.8. The zero-order valence-corrected chi connectivity index (χ0v) is 12.0. The van der Waals surface area contributed by atoms with E-state index in [4.69, 9.17) is 26.3 Å². The van der Waals surface area contributed by atoms with Crippen molar-refractivity contribution in [2.75, 3.05) is 32.2 Å². The lowest BCUT2D eigenvalue weighted by Gasteiger charge is -2.31. The predicted octanol–water partition coefficient (Wildman–Crippen LogP) is 2.24. The summed E-state index contributed by atoms with van der Waals surface area (Å²) in [6.07, 6.45) is 0. The molecule has 1 aliphatic heterocycles. The number of anilines is 1. The molecular formula is C13H13ClFN3O3. The van der Waals surface area contributed by atoms with Gasteiger partial charge in [-0.15, -0.1) is 0 Å². The summed E-state index contributed by atoms with van der Waals surface area (Å²) in [6, 6.07) is 3.04. The van der Waals surface area contributed by atoms with E-state index in [2.05, 4.69) is 5.32 Å². The van der Waals surface area contributed by atoms with Crippen molar-refractivity contribution in [1.29, 1.82) is 5.26 Å². The van der Waals surface area contributed by atoms with E-state index < -0.39 is 17.9 Å². The molecule has 1 saturated heterocycles. The minimum atomic E-state index is -0.698. The van der Waals surface area contributed by atoms with Gasteiger partial charge in [0.1, 0.15) is 17.6 Å². The number of carbonyl (C=O) groups excluding carboxylic acids is 1. The molecule has 2 amide bonds. The van der Waals surface area contributed by atoms with E-state index in [1.54, 1.807) is 0 Å². The van der Waals surface area contributed by atoms with E-state index in [0.717, 1.165) is 6.07 Å². The first-order valence-electron chi connectivity index (χ1n) is 6.15. The molecule has 1 aliphatic rings. The molecule has 6 nitrogen and oxygen atoms in total. The third-order valence-corrected chi connectivity index (χ3v) is 3.32. The fourth-order valence-corrected chi connectivity index (χ4v) is 2.15. The second-order valence-electron chi connectivity index (χ2n) is 4.31. The lowest BCUT2D eigenvalue weighted by molar-refractivity contribution is 0.0341. The second-order valence-corrected chi connectivity index (χ2v) is 4.72. The monoisotopic (exact) mass is 313 g/mol. The summed E-state index contributed by atoms with van der Waals surface area (Å²) in [5.41, 5.74) is -0.0653. The van der Waals surface area contributed by atoms with Gasteiger partial charge in [0.25, 0.3) is 0 Å². The first kappa shape index (κ1) is 15.4.